The summed E-state index contributed by atoms with van der Waals surface area (Å²) in [4.78, 5) is 0. The van der Waals surface area contributed by atoms with Crippen molar-refractivity contribution in [3.8, 4) is 0 Å². The van der Waals surface area contributed by atoms with Crippen molar-refractivity contribution in [3.05, 3.63) is 33.8 Å². The van der Waals surface area contributed by atoms with E-state index in [2.05, 4.69) is 0 Å². The van der Waals surface area contributed by atoms with Crippen LogP contribution >= 0.6 is 23.2 Å². The van der Waals surface area contributed by atoms with Gasteiger partial charge in [0, 0.05) is 16.1 Å². The molecule has 0 aliphatic rings. The smallest absolute Gasteiger partial charge is 0.0912 e. The Bertz CT molecular complexity index is 291. The second-order valence-corrected chi connectivity index (χ2v) is 3.59. The van der Waals surface area contributed by atoms with E-state index in [1.165, 1.54) is 0 Å². The lowest BCUT2D eigenvalue weighted by Crippen LogP contribution is -2.11. The van der Waals surface area contributed by atoms with Crippen LogP contribution < -0.4 is 5.73 Å². The fourth-order valence-electron chi connectivity index (χ4n) is 1.07. The largest absolute Gasteiger partial charge is 0.324 e. The number of hydrogen-bond acceptors (Lipinski definition) is 1. The molecule has 0 aliphatic heterocycles. The molecule has 0 aliphatic carbocycles. The fourth-order valence-corrected chi connectivity index (χ4v) is 1.51. The van der Waals surface area contributed by atoms with E-state index in [1.807, 2.05) is 0 Å². The maximum absolute atomic E-state index is 12.0. The zero-order valence-electron chi connectivity index (χ0n) is 6.93. The van der Waals surface area contributed by atoms with Gasteiger partial charge < -0.3 is 5.73 Å². The highest BCUT2D eigenvalue weighted by Crippen LogP contribution is 2.26. The maximum Gasteiger partial charge on any atom is 0.0912 e. The third-order valence-electron chi connectivity index (χ3n) is 1.78. The summed E-state index contributed by atoms with van der Waals surface area (Å²) in [6.45, 7) is -0.454. The minimum absolute atomic E-state index is 0.264. The van der Waals surface area contributed by atoms with Crippen LogP contribution in [-0.4, -0.2) is 6.67 Å². The van der Waals surface area contributed by atoms with Crippen LogP contribution in [0.1, 0.15) is 18.0 Å². The first-order chi connectivity index (χ1) is 6.15. The molecule has 1 nitrogen and oxygen atoms in total. The predicted molar refractivity (Wildman–Crippen MR) is 54.0 cm³/mol. The summed E-state index contributed by atoms with van der Waals surface area (Å²) in [6.07, 6.45) is 0.264. The normalized spacial score (nSPS) is 12.9. The van der Waals surface area contributed by atoms with Crippen molar-refractivity contribution in [2.75, 3.05) is 6.67 Å². The van der Waals surface area contributed by atoms with Crippen LogP contribution in [0.2, 0.25) is 10.0 Å². The molecule has 0 amide bonds. The van der Waals surface area contributed by atoms with Gasteiger partial charge in [-0.1, -0.05) is 23.2 Å². The fraction of sp³-hybridized carbons (Fsp3) is 0.333. The van der Waals surface area contributed by atoms with Gasteiger partial charge in [0.15, 0.2) is 0 Å². The standard InChI is InChI=1S/C9H10Cl2FN/c10-6-1-2-8(11)7(5-6)9(13)3-4-12/h1-2,5,9H,3-4,13H2/t9-/m0/s1. The molecule has 72 valence electrons. The van der Waals surface area contributed by atoms with Gasteiger partial charge in [-0.2, -0.15) is 0 Å². The van der Waals surface area contributed by atoms with Gasteiger partial charge >= 0.3 is 0 Å². The summed E-state index contributed by atoms with van der Waals surface area (Å²) in [5.74, 6) is 0. The summed E-state index contributed by atoms with van der Waals surface area (Å²) in [5.41, 5.74) is 6.39. The van der Waals surface area contributed by atoms with E-state index >= 15 is 0 Å². The molecule has 0 saturated carbocycles. The molecule has 0 aromatic heterocycles. The molecule has 0 spiro atoms. The zero-order chi connectivity index (χ0) is 9.84. The average molecular weight is 222 g/mol. The molecular formula is C9H10Cl2FN. The molecular weight excluding hydrogens is 212 g/mol. The topological polar surface area (TPSA) is 26.0 Å². The van der Waals surface area contributed by atoms with Crippen molar-refractivity contribution in [2.24, 2.45) is 5.73 Å². The van der Waals surface area contributed by atoms with E-state index in [0.717, 1.165) is 0 Å². The minimum atomic E-state index is -0.454. The monoisotopic (exact) mass is 221 g/mol. The van der Waals surface area contributed by atoms with Gasteiger partial charge in [0.2, 0.25) is 0 Å². The zero-order valence-corrected chi connectivity index (χ0v) is 8.45. The quantitative estimate of drug-likeness (QED) is 0.833. The minimum Gasteiger partial charge on any atom is -0.324 e. The van der Waals surface area contributed by atoms with E-state index < -0.39 is 6.67 Å². The number of hydrogen-bond donors (Lipinski definition) is 1. The van der Waals surface area contributed by atoms with Crippen molar-refractivity contribution in [1.29, 1.82) is 0 Å². The molecule has 1 rings (SSSR count). The van der Waals surface area contributed by atoms with Gasteiger partial charge in [-0.15, -0.1) is 0 Å². The molecule has 1 aromatic carbocycles. The predicted octanol–water partition coefficient (Wildman–Crippen LogP) is 3.35. The maximum atomic E-state index is 12.0. The number of halogens is 3. The number of nitrogens with two attached hydrogens (primary N) is 1. The SMILES string of the molecule is N[C@@H](CCF)c1cc(Cl)ccc1Cl. The average Bonchev–Trinajstić information content (AvgIpc) is 2.09. The summed E-state index contributed by atoms with van der Waals surface area (Å²) in [5, 5.41) is 1.10. The van der Waals surface area contributed by atoms with Gasteiger partial charge in [-0.25, -0.2) is 0 Å². The molecule has 0 heterocycles. The van der Waals surface area contributed by atoms with E-state index in [9.17, 15) is 4.39 Å². The second-order valence-electron chi connectivity index (χ2n) is 2.75. The molecule has 0 unspecified atom stereocenters. The third-order valence-corrected chi connectivity index (χ3v) is 2.36. The lowest BCUT2D eigenvalue weighted by atomic mass is 10.1. The van der Waals surface area contributed by atoms with Gasteiger partial charge in [0.1, 0.15) is 0 Å². The summed E-state index contributed by atoms with van der Waals surface area (Å²) in [7, 11) is 0. The van der Waals surface area contributed by atoms with Crippen LogP contribution in [0.5, 0.6) is 0 Å². The number of alkyl halides is 1. The van der Waals surface area contributed by atoms with Crippen LogP contribution in [0.25, 0.3) is 0 Å². The molecule has 1 atom stereocenters. The number of benzene rings is 1. The van der Waals surface area contributed by atoms with E-state index in [4.69, 9.17) is 28.9 Å². The van der Waals surface area contributed by atoms with E-state index in [1.54, 1.807) is 18.2 Å². The van der Waals surface area contributed by atoms with Crippen molar-refractivity contribution in [3.63, 3.8) is 0 Å². The van der Waals surface area contributed by atoms with Crippen LogP contribution in [0.4, 0.5) is 4.39 Å². The Morgan fingerprint density at radius 2 is 2.08 bits per heavy atom. The highest BCUT2D eigenvalue weighted by atomic mass is 35.5. The molecule has 0 bridgehead atoms. The van der Waals surface area contributed by atoms with Crippen LogP contribution in [0, 0.1) is 0 Å². The summed E-state index contributed by atoms with van der Waals surface area (Å²) in [6, 6.07) is 4.63. The van der Waals surface area contributed by atoms with Crippen molar-refractivity contribution in [2.45, 2.75) is 12.5 Å². The van der Waals surface area contributed by atoms with Crippen molar-refractivity contribution in [1.82, 2.24) is 0 Å². The molecule has 1 aromatic rings. The van der Waals surface area contributed by atoms with Crippen LogP contribution in [0.3, 0.4) is 0 Å². The third kappa shape index (κ3) is 2.83. The lowest BCUT2D eigenvalue weighted by molar-refractivity contribution is 0.442. The summed E-state index contributed by atoms with van der Waals surface area (Å²) >= 11 is 11.6. The highest BCUT2D eigenvalue weighted by Gasteiger charge is 2.10. The van der Waals surface area contributed by atoms with Crippen LogP contribution in [0.15, 0.2) is 18.2 Å². The van der Waals surface area contributed by atoms with Crippen molar-refractivity contribution < 1.29 is 4.39 Å². The summed E-state index contributed by atoms with van der Waals surface area (Å²) < 4.78 is 12.0. The Kier molecular flexibility index (Phi) is 3.97. The Morgan fingerprint density at radius 3 is 2.69 bits per heavy atom. The van der Waals surface area contributed by atoms with E-state index in [-0.39, 0.29) is 12.5 Å². The van der Waals surface area contributed by atoms with Gasteiger partial charge in [-0.05, 0) is 30.2 Å². The van der Waals surface area contributed by atoms with E-state index in [0.29, 0.717) is 15.6 Å². The molecule has 13 heavy (non-hydrogen) atoms. The molecule has 4 heteroatoms. The highest BCUT2D eigenvalue weighted by molar-refractivity contribution is 6.33. The Balaban J connectivity index is 2.91. The van der Waals surface area contributed by atoms with Gasteiger partial charge in [-0.3, -0.25) is 4.39 Å². The van der Waals surface area contributed by atoms with Gasteiger partial charge in [0.25, 0.3) is 0 Å². The first-order valence-electron chi connectivity index (χ1n) is 3.91. The Hall–Kier alpha value is -0.310. The Morgan fingerprint density at radius 1 is 1.38 bits per heavy atom. The molecule has 0 radical (unpaired) electrons. The lowest BCUT2D eigenvalue weighted by Gasteiger charge is -2.11. The van der Waals surface area contributed by atoms with Crippen molar-refractivity contribution >= 4 is 23.2 Å². The number of rotatable bonds is 3. The molecule has 0 fully saturated rings. The molecule has 0 saturated heterocycles. The first kappa shape index (κ1) is 10.8. The first-order valence-corrected chi connectivity index (χ1v) is 4.67. The second kappa shape index (κ2) is 4.80. The van der Waals surface area contributed by atoms with Crippen LogP contribution in [-0.2, 0) is 0 Å². The molecule has 2 N–H and O–H groups in total. The van der Waals surface area contributed by atoms with Gasteiger partial charge in [0.05, 0.1) is 6.67 Å². The Labute approximate surface area is 86.6 Å².